The number of carbonyl (C=O) groups excluding carboxylic acids is 1. The van der Waals surface area contributed by atoms with Gasteiger partial charge in [-0.05, 0) is 38.5 Å². The van der Waals surface area contributed by atoms with Crippen molar-refractivity contribution in [3.05, 3.63) is 0 Å². The van der Waals surface area contributed by atoms with E-state index < -0.39 is 86.3 Å². The van der Waals surface area contributed by atoms with Crippen LogP contribution in [0, 0.1) is 5.92 Å². The van der Waals surface area contributed by atoms with Crippen molar-refractivity contribution in [3.63, 3.8) is 0 Å². The Balaban J connectivity index is 1.52. The van der Waals surface area contributed by atoms with E-state index in [0.717, 1.165) is 12.8 Å². The van der Waals surface area contributed by atoms with E-state index in [0.29, 0.717) is 25.9 Å². The van der Waals surface area contributed by atoms with Crippen molar-refractivity contribution in [2.45, 2.75) is 126 Å². The third-order valence-corrected chi connectivity index (χ3v) is 8.06. The first-order chi connectivity index (χ1) is 18.2. The third-order valence-electron chi connectivity index (χ3n) is 8.06. The summed E-state index contributed by atoms with van der Waals surface area (Å²) >= 11 is 0. The van der Waals surface area contributed by atoms with Crippen LogP contribution in [0.1, 0.15) is 46.0 Å². The van der Waals surface area contributed by atoms with Gasteiger partial charge in [-0.3, -0.25) is 4.79 Å². The summed E-state index contributed by atoms with van der Waals surface area (Å²) in [7, 11) is 1.51. The summed E-state index contributed by atoms with van der Waals surface area (Å²) in [5.41, 5.74) is 0. The maximum Gasteiger partial charge on any atom is 0.248 e. The zero-order valence-electron chi connectivity index (χ0n) is 22.1. The Morgan fingerprint density at radius 3 is 2.34 bits per heavy atom. The fourth-order valence-corrected chi connectivity index (χ4v) is 5.74. The topological polar surface area (TPSA) is 186 Å². The lowest BCUT2D eigenvalue weighted by molar-refractivity contribution is -0.354. The Labute approximate surface area is 222 Å². The van der Waals surface area contributed by atoms with E-state index in [1.54, 1.807) is 6.92 Å². The Bertz CT molecular complexity index is 775. The van der Waals surface area contributed by atoms with Crippen LogP contribution in [-0.2, 0) is 33.2 Å². The fraction of sp³-hybridized carbons (Fsp3) is 0.960. The van der Waals surface area contributed by atoms with Crippen LogP contribution in [0.5, 0.6) is 0 Å². The number of amides is 1. The summed E-state index contributed by atoms with van der Waals surface area (Å²) in [6.07, 6.45) is -9.97. The Hall–Kier alpha value is -0.970. The van der Waals surface area contributed by atoms with Gasteiger partial charge >= 0.3 is 0 Å². The number of aliphatic hydroxyl groups excluding tert-OH is 5. The van der Waals surface area contributed by atoms with E-state index in [1.165, 1.54) is 7.05 Å². The van der Waals surface area contributed by atoms with E-state index in [4.69, 9.17) is 28.4 Å². The number of fused-ring (bicyclic) bond motifs is 1. The van der Waals surface area contributed by atoms with Crippen molar-refractivity contribution in [1.29, 1.82) is 0 Å². The number of hydrogen-bond donors (Lipinski definition) is 6. The zero-order chi connectivity index (χ0) is 27.6. The second kappa shape index (κ2) is 13.1. The molecule has 13 heteroatoms. The van der Waals surface area contributed by atoms with Gasteiger partial charge in [0.25, 0.3) is 0 Å². The molecule has 1 amide bonds. The maximum atomic E-state index is 12.4. The predicted molar refractivity (Wildman–Crippen MR) is 129 cm³/mol. The quantitative estimate of drug-likeness (QED) is 0.218. The molecule has 3 saturated heterocycles. The van der Waals surface area contributed by atoms with Crippen molar-refractivity contribution < 1.29 is 58.7 Å². The summed E-state index contributed by atoms with van der Waals surface area (Å²) in [6, 6.07) is 0. The van der Waals surface area contributed by atoms with Crippen molar-refractivity contribution in [2.75, 3.05) is 20.3 Å². The molecule has 0 aromatic rings. The van der Waals surface area contributed by atoms with Crippen molar-refractivity contribution in [2.24, 2.45) is 5.92 Å². The number of aliphatic hydroxyl groups is 5. The highest BCUT2D eigenvalue weighted by molar-refractivity contribution is 5.80. The molecule has 1 aliphatic carbocycles. The first-order valence-electron chi connectivity index (χ1n) is 13.6. The molecule has 3 aliphatic heterocycles. The molecule has 38 heavy (non-hydrogen) atoms. The van der Waals surface area contributed by atoms with Gasteiger partial charge in [0.2, 0.25) is 5.91 Å². The van der Waals surface area contributed by atoms with E-state index in [2.05, 4.69) is 5.32 Å². The molecular weight excluding hydrogens is 506 g/mol. The third kappa shape index (κ3) is 6.33. The van der Waals surface area contributed by atoms with Crippen LogP contribution < -0.4 is 5.32 Å². The van der Waals surface area contributed by atoms with Gasteiger partial charge in [-0.1, -0.05) is 13.3 Å². The first kappa shape index (κ1) is 30.0. The molecule has 0 spiro atoms. The van der Waals surface area contributed by atoms with Crippen LogP contribution in [0.4, 0.5) is 0 Å². The summed E-state index contributed by atoms with van der Waals surface area (Å²) < 4.78 is 36.2. The Morgan fingerprint density at radius 2 is 1.63 bits per heavy atom. The van der Waals surface area contributed by atoms with Crippen LogP contribution in [0.15, 0.2) is 0 Å². The summed E-state index contributed by atoms with van der Waals surface area (Å²) in [5, 5.41) is 54.1. The van der Waals surface area contributed by atoms with Crippen LogP contribution in [0.25, 0.3) is 0 Å². The summed E-state index contributed by atoms with van der Waals surface area (Å²) in [6.45, 7) is 3.36. The Kier molecular flexibility index (Phi) is 10.4. The molecule has 13 nitrogen and oxygen atoms in total. The molecule has 4 fully saturated rings. The van der Waals surface area contributed by atoms with Crippen molar-refractivity contribution in [3.8, 4) is 0 Å². The molecule has 0 radical (unpaired) electrons. The van der Waals surface area contributed by atoms with E-state index in [1.807, 2.05) is 6.92 Å². The number of hydrogen-bond acceptors (Lipinski definition) is 12. The van der Waals surface area contributed by atoms with E-state index in [-0.39, 0.29) is 11.8 Å². The van der Waals surface area contributed by atoms with Gasteiger partial charge < -0.3 is 59.3 Å². The molecule has 0 aromatic carbocycles. The van der Waals surface area contributed by atoms with Gasteiger partial charge in [0.05, 0.1) is 24.9 Å². The molecule has 0 bridgehead atoms. The highest BCUT2D eigenvalue weighted by Crippen LogP contribution is 2.36. The molecule has 4 rings (SSSR count). The van der Waals surface area contributed by atoms with Crippen molar-refractivity contribution in [1.82, 2.24) is 5.32 Å². The highest BCUT2D eigenvalue weighted by atomic mass is 16.7. The van der Waals surface area contributed by atoms with Crippen LogP contribution >= 0.6 is 0 Å². The molecule has 14 atom stereocenters. The first-order valence-corrected chi connectivity index (χ1v) is 13.6. The molecule has 4 aliphatic rings. The van der Waals surface area contributed by atoms with Crippen LogP contribution in [0.2, 0.25) is 0 Å². The monoisotopic (exact) mass is 549 g/mol. The largest absolute Gasteiger partial charge is 0.394 e. The smallest absolute Gasteiger partial charge is 0.248 e. The Morgan fingerprint density at radius 1 is 0.868 bits per heavy atom. The number of rotatable bonds is 6. The molecule has 14 unspecified atom stereocenters. The highest BCUT2D eigenvalue weighted by Gasteiger charge is 2.51. The number of ether oxygens (including phenoxy) is 6. The van der Waals surface area contributed by atoms with Gasteiger partial charge in [0.1, 0.15) is 48.8 Å². The van der Waals surface area contributed by atoms with Gasteiger partial charge in [-0.15, -0.1) is 0 Å². The predicted octanol–water partition coefficient (Wildman–Crippen LogP) is -1.84. The molecule has 1 saturated carbocycles. The SMILES string of the molecule is CNC(=O)C1CCCOC2C(OC3CCCC(C)C3OC3OC(C)C(O)C(O)C3O)OC(CO)C(O)C2O1. The standard InChI is InChI=1S/C25H43NO12/c1-11-6-4-7-13(20(11)38-24-19(31)18(30)16(28)12(2)34-24)36-25-22-21(17(29)15(10-27)37-25)35-14(23(32)26-3)8-5-9-33-22/h11-22,24-25,27-31H,4-10H2,1-3H3,(H,26,32). The maximum absolute atomic E-state index is 12.4. The van der Waals surface area contributed by atoms with Gasteiger partial charge in [-0.2, -0.15) is 0 Å². The second-order valence-corrected chi connectivity index (χ2v) is 10.8. The minimum absolute atomic E-state index is 0.00500. The van der Waals surface area contributed by atoms with Crippen molar-refractivity contribution >= 4 is 5.91 Å². The zero-order valence-corrected chi connectivity index (χ0v) is 22.1. The lowest BCUT2D eigenvalue weighted by Crippen LogP contribution is -2.64. The molecule has 3 heterocycles. The van der Waals surface area contributed by atoms with Gasteiger partial charge in [0, 0.05) is 13.7 Å². The normalized spacial score (nSPS) is 48.4. The minimum Gasteiger partial charge on any atom is -0.394 e. The van der Waals surface area contributed by atoms with E-state index in [9.17, 15) is 30.3 Å². The minimum atomic E-state index is -1.45. The summed E-state index contributed by atoms with van der Waals surface area (Å²) in [4.78, 5) is 12.4. The molecule has 0 aromatic heterocycles. The average Bonchev–Trinajstić information content (AvgIpc) is 2.89. The molecule has 220 valence electrons. The van der Waals surface area contributed by atoms with E-state index >= 15 is 0 Å². The average molecular weight is 550 g/mol. The van der Waals surface area contributed by atoms with Gasteiger partial charge in [0.15, 0.2) is 12.6 Å². The number of nitrogens with one attached hydrogen (secondary N) is 1. The second-order valence-electron chi connectivity index (χ2n) is 10.8. The van der Waals surface area contributed by atoms with Crippen LogP contribution in [-0.4, -0.2) is 131 Å². The molecular formula is C25H43NO12. The number of carbonyl (C=O) groups is 1. The fourth-order valence-electron chi connectivity index (χ4n) is 5.74. The lowest BCUT2D eigenvalue weighted by atomic mass is 9.85. The summed E-state index contributed by atoms with van der Waals surface area (Å²) in [5.74, 6) is -0.320. The van der Waals surface area contributed by atoms with Crippen LogP contribution in [0.3, 0.4) is 0 Å². The number of likely N-dealkylation sites (N-methyl/N-ethyl adjacent to an activating group) is 1. The molecule has 6 N–H and O–H groups in total. The van der Waals surface area contributed by atoms with Gasteiger partial charge in [-0.25, -0.2) is 0 Å². The lowest BCUT2D eigenvalue weighted by Gasteiger charge is -2.48.